The van der Waals surface area contributed by atoms with Crippen LogP contribution in [0.2, 0.25) is 0 Å². The lowest BCUT2D eigenvalue weighted by molar-refractivity contribution is -0.140. The number of carbonyl (C=O) groups is 3. The summed E-state index contributed by atoms with van der Waals surface area (Å²) in [4.78, 5) is 36.0. The molecule has 0 saturated carbocycles. The normalized spacial score (nSPS) is 12.9. The molecule has 1 aliphatic rings. The maximum Gasteiger partial charge on any atom is 0.411 e. The molecule has 3 aromatic rings. The van der Waals surface area contributed by atoms with Gasteiger partial charge in [0.2, 0.25) is 0 Å². The number of fused-ring (bicyclic) bond motifs is 3. The van der Waals surface area contributed by atoms with E-state index in [1.54, 1.807) is 12.1 Å². The second kappa shape index (κ2) is 10.1. The number of benzene rings is 3. The SMILES string of the molecule is O=C(Nc1ccc(Br)c(C(=O)N[C@@H](CO)C(=O)O)c1)OCC1c2ccccc2-c2ccccc21. The van der Waals surface area contributed by atoms with E-state index in [-0.39, 0.29) is 18.1 Å². The van der Waals surface area contributed by atoms with Gasteiger partial charge in [0.15, 0.2) is 6.04 Å². The van der Waals surface area contributed by atoms with Gasteiger partial charge in [0, 0.05) is 16.1 Å². The van der Waals surface area contributed by atoms with Crippen molar-refractivity contribution in [2.24, 2.45) is 0 Å². The maximum absolute atomic E-state index is 12.5. The molecule has 0 aromatic heterocycles. The lowest BCUT2D eigenvalue weighted by Crippen LogP contribution is -2.43. The second-order valence-electron chi connectivity index (χ2n) is 7.69. The number of carboxylic acids is 1. The summed E-state index contributed by atoms with van der Waals surface area (Å²) in [6.07, 6.45) is -0.686. The Morgan fingerprint density at radius 2 is 1.59 bits per heavy atom. The fourth-order valence-electron chi connectivity index (χ4n) is 3.95. The Morgan fingerprint density at radius 1 is 0.971 bits per heavy atom. The van der Waals surface area contributed by atoms with Crippen molar-refractivity contribution < 1.29 is 29.3 Å². The third-order valence-corrected chi connectivity index (χ3v) is 6.28. The summed E-state index contributed by atoms with van der Waals surface area (Å²) in [6, 6.07) is 19.1. The van der Waals surface area contributed by atoms with Gasteiger partial charge in [0.1, 0.15) is 6.61 Å². The number of hydrogen-bond acceptors (Lipinski definition) is 5. The number of rotatable bonds is 7. The van der Waals surface area contributed by atoms with Crippen molar-refractivity contribution in [2.75, 3.05) is 18.5 Å². The molecule has 9 heteroatoms. The minimum atomic E-state index is -1.45. The molecule has 0 aliphatic heterocycles. The molecule has 0 bridgehead atoms. The molecule has 2 amide bonds. The number of carbonyl (C=O) groups excluding carboxylic acids is 2. The van der Waals surface area contributed by atoms with Crippen molar-refractivity contribution in [1.82, 2.24) is 5.32 Å². The van der Waals surface area contributed by atoms with E-state index in [9.17, 15) is 14.4 Å². The van der Waals surface area contributed by atoms with Crippen LogP contribution in [-0.2, 0) is 9.53 Å². The highest BCUT2D eigenvalue weighted by molar-refractivity contribution is 9.10. The molecule has 34 heavy (non-hydrogen) atoms. The molecule has 0 radical (unpaired) electrons. The molecule has 8 nitrogen and oxygen atoms in total. The van der Waals surface area contributed by atoms with Crippen LogP contribution in [0.3, 0.4) is 0 Å². The summed E-state index contributed by atoms with van der Waals surface area (Å²) in [5, 5.41) is 23.0. The van der Waals surface area contributed by atoms with E-state index >= 15 is 0 Å². The second-order valence-corrected chi connectivity index (χ2v) is 8.55. The third kappa shape index (κ3) is 4.80. The first-order valence-electron chi connectivity index (χ1n) is 10.4. The minimum absolute atomic E-state index is 0.0872. The van der Waals surface area contributed by atoms with Crippen LogP contribution in [-0.4, -0.2) is 47.4 Å². The molecular weight excluding hydrogens is 504 g/mol. The summed E-state index contributed by atoms with van der Waals surface area (Å²) in [5.74, 6) is -2.17. The Bertz CT molecular complexity index is 1220. The molecule has 1 aliphatic carbocycles. The van der Waals surface area contributed by atoms with Crippen molar-refractivity contribution in [1.29, 1.82) is 0 Å². The van der Waals surface area contributed by atoms with Gasteiger partial charge in [-0.2, -0.15) is 0 Å². The van der Waals surface area contributed by atoms with Crippen LogP contribution in [0.15, 0.2) is 71.2 Å². The minimum Gasteiger partial charge on any atom is -0.480 e. The Balaban J connectivity index is 1.44. The molecule has 1 atom stereocenters. The number of aliphatic hydroxyl groups is 1. The number of anilines is 1. The van der Waals surface area contributed by atoms with E-state index in [1.807, 2.05) is 48.5 Å². The van der Waals surface area contributed by atoms with Gasteiger partial charge in [-0.1, -0.05) is 48.5 Å². The smallest absolute Gasteiger partial charge is 0.411 e. The standard InChI is InChI=1S/C25H21BrN2O6/c26-21-10-9-14(11-19(21)23(30)28-22(12-29)24(31)32)27-25(33)34-13-20-17-7-3-1-5-15(17)16-6-2-4-8-18(16)20/h1-11,20,22,29H,12-13H2,(H,27,33)(H,28,30)(H,31,32)/t22-/m0/s1. The zero-order chi connectivity index (χ0) is 24.2. The first-order valence-corrected chi connectivity index (χ1v) is 11.2. The van der Waals surface area contributed by atoms with Crippen LogP contribution in [0.25, 0.3) is 11.1 Å². The van der Waals surface area contributed by atoms with Gasteiger partial charge in [0.25, 0.3) is 5.91 Å². The molecule has 0 heterocycles. The molecule has 174 valence electrons. The quantitative estimate of drug-likeness (QED) is 0.370. The van der Waals surface area contributed by atoms with Crippen molar-refractivity contribution in [2.45, 2.75) is 12.0 Å². The van der Waals surface area contributed by atoms with Crippen LogP contribution < -0.4 is 10.6 Å². The number of aliphatic carboxylic acids is 1. The summed E-state index contributed by atoms with van der Waals surface area (Å²) in [5.41, 5.74) is 4.82. The number of amides is 2. The first-order chi connectivity index (χ1) is 16.4. The van der Waals surface area contributed by atoms with Crippen molar-refractivity contribution in [3.63, 3.8) is 0 Å². The molecule has 4 N–H and O–H groups in total. The predicted molar refractivity (Wildman–Crippen MR) is 129 cm³/mol. The van der Waals surface area contributed by atoms with Gasteiger partial charge in [-0.25, -0.2) is 9.59 Å². The van der Waals surface area contributed by atoms with Crippen LogP contribution in [0.5, 0.6) is 0 Å². The molecule has 3 aromatic carbocycles. The summed E-state index contributed by atoms with van der Waals surface area (Å²) < 4.78 is 5.91. The topological polar surface area (TPSA) is 125 Å². The van der Waals surface area contributed by atoms with Gasteiger partial charge < -0.3 is 20.3 Å². The van der Waals surface area contributed by atoms with E-state index in [0.717, 1.165) is 22.3 Å². The van der Waals surface area contributed by atoms with Crippen LogP contribution in [0.1, 0.15) is 27.4 Å². The van der Waals surface area contributed by atoms with E-state index in [4.69, 9.17) is 14.9 Å². The van der Waals surface area contributed by atoms with Crippen LogP contribution >= 0.6 is 15.9 Å². The van der Waals surface area contributed by atoms with E-state index < -0.39 is 30.6 Å². The molecule has 0 fully saturated rings. The highest BCUT2D eigenvalue weighted by atomic mass is 79.9. The third-order valence-electron chi connectivity index (χ3n) is 5.59. The molecule has 0 saturated heterocycles. The molecule has 0 spiro atoms. The van der Waals surface area contributed by atoms with Gasteiger partial charge >= 0.3 is 12.1 Å². The Kier molecular flexibility index (Phi) is 6.95. The molecular formula is C25H21BrN2O6. The predicted octanol–water partition coefficient (Wildman–Crippen LogP) is 3.99. The van der Waals surface area contributed by atoms with Gasteiger partial charge in [-0.05, 0) is 56.4 Å². The highest BCUT2D eigenvalue weighted by Gasteiger charge is 2.29. The van der Waals surface area contributed by atoms with Crippen LogP contribution in [0.4, 0.5) is 10.5 Å². The van der Waals surface area contributed by atoms with E-state index in [2.05, 4.69) is 26.6 Å². The summed E-state index contributed by atoms with van der Waals surface area (Å²) in [7, 11) is 0. The van der Waals surface area contributed by atoms with Crippen molar-refractivity contribution in [3.05, 3.63) is 87.9 Å². The summed E-state index contributed by atoms with van der Waals surface area (Å²) in [6.45, 7) is -0.614. The highest BCUT2D eigenvalue weighted by Crippen LogP contribution is 2.44. The van der Waals surface area contributed by atoms with Gasteiger partial charge in [-0.3, -0.25) is 10.1 Å². The lowest BCUT2D eigenvalue weighted by Gasteiger charge is -2.15. The largest absolute Gasteiger partial charge is 0.480 e. The Hall–Kier alpha value is -3.69. The van der Waals surface area contributed by atoms with Gasteiger partial charge in [-0.15, -0.1) is 0 Å². The van der Waals surface area contributed by atoms with Crippen molar-refractivity contribution in [3.8, 4) is 11.1 Å². The number of carboxylic acid groups (broad SMARTS) is 1. The number of nitrogens with one attached hydrogen (secondary N) is 2. The fraction of sp³-hybridized carbons (Fsp3) is 0.160. The fourth-order valence-corrected chi connectivity index (χ4v) is 4.38. The van der Waals surface area contributed by atoms with Gasteiger partial charge in [0.05, 0.1) is 12.2 Å². The number of halogens is 1. The monoisotopic (exact) mass is 524 g/mol. The first kappa shape index (κ1) is 23.5. The zero-order valence-electron chi connectivity index (χ0n) is 17.8. The van der Waals surface area contributed by atoms with Crippen molar-refractivity contribution >= 4 is 39.6 Å². The molecule has 4 rings (SSSR count). The lowest BCUT2D eigenvalue weighted by atomic mass is 9.98. The van der Waals surface area contributed by atoms with E-state index in [0.29, 0.717) is 10.2 Å². The average Bonchev–Trinajstić information content (AvgIpc) is 3.15. The van der Waals surface area contributed by atoms with Crippen LogP contribution in [0, 0.1) is 0 Å². The average molecular weight is 525 g/mol. The number of ether oxygens (including phenoxy) is 1. The Morgan fingerprint density at radius 3 is 2.18 bits per heavy atom. The van der Waals surface area contributed by atoms with E-state index in [1.165, 1.54) is 6.07 Å². The number of aliphatic hydroxyl groups excluding tert-OH is 1. The maximum atomic E-state index is 12.5. The zero-order valence-corrected chi connectivity index (χ0v) is 19.4. The molecule has 0 unspecified atom stereocenters. The summed E-state index contributed by atoms with van der Waals surface area (Å²) >= 11 is 3.24. The Labute approximate surface area is 203 Å². The number of hydrogen-bond donors (Lipinski definition) is 4.